The van der Waals surface area contributed by atoms with Crippen LogP contribution in [0.3, 0.4) is 0 Å². The lowest BCUT2D eigenvalue weighted by molar-refractivity contribution is 0.0912. The first-order valence-electron chi connectivity index (χ1n) is 4.70. The van der Waals surface area contributed by atoms with Crippen LogP contribution in [0.1, 0.15) is 24.3 Å². The van der Waals surface area contributed by atoms with E-state index in [0.717, 1.165) is 0 Å². The van der Waals surface area contributed by atoms with Gasteiger partial charge >= 0.3 is 0 Å². The first-order valence-corrected chi connectivity index (χ1v) is 4.70. The molecule has 0 aliphatic carbocycles. The third-order valence-corrected chi connectivity index (χ3v) is 2.34. The molecule has 1 heterocycles. The van der Waals surface area contributed by atoms with Crippen LogP contribution >= 0.6 is 0 Å². The number of aromatic amines is 1. The maximum atomic E-state index is 11.5. The van der Waals surface area contributed by atoms with Gasteiger partial charge in [-0.2, -0.15) is 0 Å². The Morgan fingerprint density at radius 2 is 2.36 bits per heavy atom. The van der Waals surface area contributed by atoms with Crippen LogP contribution in [0.15, 0.2) is 18.3 Å². The number of H-pyrrole nitrogens is 1. The highest BCUT2D eigenvalue weighted by Gasteiger charge is 2.14. The van der Waals surface area contributed by atoms with E-state index >= 15 is 0 Å². The molecular weight excluding hydrogens is 180 g/mol. The average molecular weight is 196 g/mol. The van der Waals surface area contributed by atoms with Gasteiger partial charge in [0.1, 0.15) is 5.69 Å². The topological polar surface area (TPSA) is 65.1 Å². The van der Waals surface area contributed by atoms with Gasteiger partial charge in [0.05, 0.1) is 0 Å². The Hall–Kier alpha value is -1.29. The van der Waals surface area contributed by atoms with Gasteiger partial charge in [-0.05, 0) is 25.0 Å². The summed E-state index contributed by atoms with van der Waals surface area (Å²) in [7, 11) is 0. The molecule has 78 valence electrons. The lowest BCUT2D eigenvalue weighted by atomic mass is 10.1. The highest BCUT2D eigenvalue weighted by Crippen LogP contribution is 2.02. The van der Waals surface area contributed by atoms with E-state index in [1.165, 1.54) is 0 Å². The summed E-state index contributed by atoms with van der Waals surface area (Å²) in [5.74, 6) is -0.0725. The molecule has 0 spiro atoms. The first kappa shape index (κ1) is 10.8. The summed E-state index contributed by atoms with van der Waals surface area (Å²) in [6.07, 6.45) is 1.70. The van der Waals surface area contributed by atoms with Crippen molar-refractivity contribution in [2.24, 2.45) is 5.92 Å². The largest absolute Gasteiger partial charge is 0.396 e. The van der Waals surface area contributed by atoms with Crippen LogP contribution in [0.4, 0.5) is 0 Å². The second-order valence-corrected chi connectivity index (χ2v) is 3.51. The smallest absolute Gasteiger partial charge is 0.267 e. The van der Waals surface area contributed by atoms with Crippen molar-refractivity contribution in [3.05, 3.63) is 24.0 Å². The van der Waals surface area contributed by atoms with Crippen LogP contribution in [0.2, 0.25) is 0 Å². The Morgan fingerprint density at radius 1 is 1.64 bits per heavy atom. The number of aliphatic hydroxyl groups excluding tert-OH is 1. The van der Waals surface area contributed by atoms with Crippen LogP contribution in [0, 0.1) is 5.92 Å². The summed E-state index contributed by atoms with van der Waals surface area (Å²) in [5.41, 5.74) is 0.544. The second-order valence-electron chi connectivity index (χ2n) is 3.51. The summed E-state index contributed by atoms with van der Waals surface area (Å²) in [6.45, 7) is 3.84. The summed E-state index contributed by atoms with van der Waals surface area (Å²) >= 11 is 0. The number of carbonyl (C=O) groups is 1. The molecule has 4 heteroatoms. The zero-order valence-corrected chi connectivity index (χ0v) is 8.45. The molecular formula is C10H16N2O2. The van der Waals surface area contributed by atoms with Gasteiger partial charge in [-0.1, -0.05) is 6.92 Å². The molecule has 2 unspecified atom stereocenters. The van der Waals surface area contributed by atoms with E-state index in [1.807, 2.05) is 13.8 Å². The molecule has 0 aliphatic heterocycles. The number of amides is 1. The average Bonchev–Trinajstić information content (AvgIpc) is 2.69. The van der Waals surface area contributed by atoms with E-state index in [-0.39, 0.29) is 24.5 Å². The maximum absolute atomic E-state index is 11.5. The van der Waals surface area contributed by atoms with Crippen molar-refractivity contribution < 1.29 is 9.90 Å². The molecule has 0 saturated heterocycles. The summed E-state index contributed by atoms with van der Waals surface area (Å²) in [5, 5.41) is 11.7. The third kappa shape index (κ3) is 2.60. The van der Waals surface area contributed by atoms with E-state index in [1.54, 1.807) is 18.3 Å². The predicted molar refractivity (Wildman–Crippen MR) is 54.0 cm³/mol. The Morgan fingerprint density at radius 3 is 2.86 bits per heavy atom. The van der Waals surface area contributed by atoms with Crippen molar-refractivity contribution in [1.82, 2.24) is 10.3 Å². The normalized spacial score (nSPS) is 14.8. The van der Waals surface area contributed by atoms with Gasteiger partial charge in [-0.15, -0.1) is 0 Å². The van der Waals surface area contributed by atoms with Crippen molar-refractivity contribution in [2.45, 2.75) is 19.9 Å². The Labute approximate surface area is 83.3 Å². The number of rotatable bonds is 4. The molecule has 1 amide bonds. The van der Waals surface area contributed by atoms with Crippen LogP contribution in [-0.4, -0.2) is 28.6 Å². The molecule has 0 bridgehead atoms. The number of aliphatic hydroxyl groups is 1. The number of hydrogen-bond donors (Lipinski definition) is 3. The maximum Gasteiger partial charge on any atom is 0.267 e. The number of aromatic nitrogens is 1. The molecule has 0 saturated carbocycles. The summed E-state index contributed by atoms with van der Waals surface area (Å²) < 4.78 is 0. The minimum atomic E-state index is -0.136. The summed E-state index contributed by atoms with van der Waals surface area (Å²) in [6, 6.07) is 3.46. The highest BCUT2D eigenvalue weighted by molar-refractivity contribution is 5.92. The first-order chi connectivity index (χ1) is 6.65. The lowest BCUT2D eigenvalue weighted by Crippen LogP contribution is -2.38. The van der Waals surface area contributed by atoms with Gasteiger partial charge in [0.2, 0.25) is 0 Å². The van der Waals surface area contributed by atoms with Gasteiger partial charge in [0.15, 0.2) is 0 Å². The minimum absolute atomic E-state index is 0.0317. The number of hydrogen-bond acceptors (Lipinski definition) is 2. The zero-order chi connectivity index (χ0) is 10.6. The van der Waals surface area contributed by atoms with Crippen LogP contribution in [-0.2, 0) is 0 Å². The standard InChI is InChI=1S/C10H16N2O2/c1-7(6-13)8(2)12-10(14)9-4-3-5-11-9/h3-5,7-8,11,13H,6H2,1-2H3,(H,12,14). The molecule has 0 fully saturated rings. The van der Waals surface area contributed by atoms with Crippen molar-refractivity contribution in [3.8, 4) is 0 Å². The van der Waals surface area contributed by atoms with Crippen molar-refractivity contribution in [3.63, 3.8) is 0 Å². The fourth-order valence-electron chi connectivity index (χ4n) is 1.06. The van der Waals surface area contributed by atoms with Crippen molar-refractivity contribution >= 4 is 5.91 Å². The van der Waals surface area contributed by atoms with Gasteiger partial charge in [-0.25, -0.2) is 0 Å². The SMILES string of the molecule is CC(CO)C(C)NC(=O)c1ccc[nH]1. The molecule has 2 atom stereocenters. The Kier molecular flexibility index (Phi) is 3.71. The van der Waals surface area contributed by atoms with Crippen LogP contribution < -0.4 is 5.32 Å². The zero-order valence-electron chi connectivity index (χ0n) is 8.45. The molecule has 3 N–H and O–H groups in total. The van der Waals surface area contributed by atoms with E-state index in [4.69, 9.17) is 5.11 Å². The van der Waals surface area contributed by atoms with Crippen molar-refractivity contribution in [2.75, 3.05) is 6.61 Å². The van der Waals surface area contributed by atoms with Gasteiger partial charge in [0, 0.05) is 18.8 Å². The molecule has 14 heavy (non-hydrogen) atoms. The molecule has 1 rings (SSSR count). The minimum Gasteiger partial charge on any atom is -0.396 e. The molecule has 0 radical (unpaired) electrons. The number of carbonyl (C=O) groups excluding carboxylic acids is 1. The monoisotopic (exact) mass is 196 g/mol. The highest BCUT2D eigenvalue weighted by atomic mass is 16.3. The lowest BCUT2D eigenvalue weighted by Gasteiger charge is -2.18. The third-order valence-electron chi connectivity index (χ3n) is 2.34. The van der Waals surface area contributed by atoms with E-state index in [0.29, 0.717) is 5.69 Å². The molecule has 1 aromatic heterocycles. The molecule has 1 aromatic rings. The summed E-state index contributed by atoms with van der Waals surface area (Å²) in [4.78, 5) is 14.3. The fraction of sp³-hybridized carbons (Fsp3) is 0.500. The van der Waals surface area contributed by atoms with Crippen LogP contribution in [0.25, 0.3) is 0 Å². The van der Waals surface area contributed by atoms with Gasteiger partial charge < -0.3 is 15.4 Å². The van der Waals surface area contributed by atoms with Crippen LogP contribution in [0.5, 0.6) is 0 Å². The fourth-order valence-corrected chi connectivity index (χ4v) is 1.06. The molecule has 0 aromatic carbocycles. The van der Waals surface area contributed by atoms with Crippen molar-refractivity contribution in [1.29, 1.82) is 0 Å². The Bertz CT molecular complexity index is 282. The quantitative estimate of drug-likeness (QED) is 0.665. The van der Waals surface area contributed by atoms with E-state index in [9.17, 15) is 4.79 Å². The van der Waals surface area contributed by atoms with Gasteiger partial charge in [-0.3, -0.25) is 4.79 Å². The van der Waals surface area contributed by atoms with E-state index in [2.05, 4.69) is 10.3 Å². The molecule has 0 aliphatic rings. The second kappa shape index (κ2) is 4.81. The predicted octanol–water partition coefficient (Wildman–Crippen LogP) is 0.761. The Balaban J connectivity index is 2.49. The van der Waals surface area contributed by atoms with E-state index < -0.39 is 0 Å². The number of nitrogens with one attached hydrogen (secondary N) is 2. The van der Waals surface area contributed by atoms with Gasteiger partial charge in [0.25, 0.3) is 5.91 Å². The molecule has 4 nitrogen and oxygen atoms in total.